The zero-order valence-electron chi connectivity index (χ0n) is 19.9. The Labute approximate surface area is 197 Å². The van der Waals surface area contributed by atoms with Gasteiger partial charge >= 0.3 is 7.60 Å². The van der Waals surface area contributed by atoms with Crippen LogP contribution in [0, 0.1) is 13.8 Å². The standard InChI is InChI=1S/C28H33O4P/c1-6-7-8-23(4)28(24-13-19-25(30-5)20-14-24)33(29,31-26-15-9-21(2)10-16-26)32-27-17-11-22(3)12-18-27/h9-20,28H,4,6-8H2,1-3,5H3. The van der Waals surface area contributed by atoms with Gasteiger partial charge in [-0.25, -0.2) is 4.57 Å². The van der Waals surface area contributed by atoms with Crippen molar-refractivity contribution >= 4 is 7.60 Å². The quantitative estimate of drug-likeness (QED) is 0.211. The molecule has 0 aliphatic rings. The van der Waals surface area contributed by atoms with Crippen LogP contribution in [0.5, 0.6) is 17.2 Å². The van der Waals surface area contributed by atoms with Crippen molar-refractivity contribution in [3.05, 3.63) is 102 Å². The average molecular weight is 465 g/mol. The highest BCUT2D eigenvalue weighted by atomic mass is 31.2. The Bertz CT molecular complexity index is 1030. The Morgan fingerprint density at radius 1 is 0.818 bits per heavy atom. The number of hydrogen-bond acceptors (Lipinski definition) is 4. The van der Waals surface area contributed by atoms with Crippen molar-refractivity contribution in [1.82, 2.24) is 0 Å². The van der Waals surface area contributed by atoms with Gasteiger partial charge in [0.15, 0.2) is 0 Å². The summed E-state index contributed by atoms with van der Waals surface area (Å²) in [5.74, 6) is 1.72. The third-order valence-electron chi connectivity index (χ3n) is 5.49. The van der Waals surface area contributed by atoms with Gasteiger partial charge in [-0.1, -0.05) is 73.0 Å². The topological polar surface area (TPSA) is 44.8 Å². The maximum atomic E-state index is 14.6. The highest BCUT2D eigenvalue weighted by molar-refractivity contribution is 7.55. The van der Waals surface area contributed by atoms with Gasteiger partial charge in [0.05, 0.1) is 7.11 Å². The lowest BCUT2D eigenvalue weighted by Crippen LogP contribution is -2.13. The Morgan fingerprint density at radius 3 is 1.70 bits per heavy atom. The third-order valence-corrected chi connectivity index (χ3v) is 7.72. The fourth-order valence-corrected chi connectivity index (χ4v) is 5.78. The summed E-state index contributed by atoms with van der Waals surface area (Å²) in [5.41, 5.74) is 3.20. The van der Waals surface area contributed by atoms with E-state index in [1.165, 1.54) is 0 Å². The molecule has 0 bridgehead atoms. The second kappa shape index (κ2) is 11.2. The molecule has 4 nitrogen and oxygen atoms in total. The smallest absolute Gasteiger partial charge is 0.442 e. The SMILES string of the molecule is C=C(CCCC)C(c1ccc(OC)cc1)P(=O)(Oc1ccc(C)cc1)Oc1ccc(C)cc1. The average Bonchev–Trinajstić information content (AvgIpc) is 2.81. The van der Waals surface area contributed by atoms with Crippen LogP contribution in [-0.2, 0) is 4.57 Å². The lowest BCUT2D eigenvalue weighted by Gasteiger charge is -2.29. The molecule has 0 saturated heterocycles. The number of methoxy groups -OCH3 is 1. The van der Waals surface area contributed by atoms with E-state index in [1.54, 1.807) is 7.11 Å². The Morgan fingerprint density at radius 2 is 1.27 bits per heavy atom. The van der Waals surface area contributed by atoms with Crippen LogP contribution in [0.2, 0.25) is 0 Å². The van der Waals surface area contributed by atoms with E-state index < -0.39 is 13.3 Å². The summed E-state index contributed by atoms with van der Waals surface area (Å²) in [4.78, 5) is 0. The molecule has 1 unspecified atom stereocenters. The first kappa shape index (κ1) is 24.7. The van der Waals surface area contributed by atoms with Gasteiger partial charge in [0.25, 0.3) is 0 Å². The van der Waals surface area contributed by atoms with E-state index in [0.29, 0.717) is 11.5 Å². The molecule has 0 saturated carbocycles. The minimum absolute atomic E-state index is 0.498. The minimum Gasteiger partial charge on any atom is -0.497 e. The summed E-state index contributed by atoms with van der Waals surface area (Å²) < 4.78 is 32.4. The van der Waals surface area contributed by atoms with Crippen molar-refractivity contribution in [2.75, 3.05) is 7.11 Å². The van der Waals surface area contributed by atoms with Crippen LogP contribution in [0.25, 0.3) is 0 Å². The molecule has 3 aromatic rings. The van der Waals surface area contributed by atoms with Crippen LogP contribution in [0.1, 0.15) is 48.5 Å². The lowest BCUT2D eigenvalue weighted by atomic mass is 10.0. The normalized spacial score (nSPS) is 12.1. The summed E-state index contributed by atoms with van der Waals surface area (Å²) in [7, 11) is -2.16. The highest BCUT2D eigenvalue weighted by Gasteiger charge is 2.42. The van der Waals surface area contributed by atoms with Gasteiger partial charge in [0.2, 0.25) is 0 Å². The number of unbranched alkanes of at least 4 members (excludes halogenated alkanes) is 1. The van der Waals surface area contributed by atoms with E-state index >= 15 is 0 Å². The van der Waals surface area contributed by atoms with Crippen LogP contribution in [0.3, 0.4) is 0 Å². The maximum Gasteiger partial charge on any atom is 0.442 e. The van der Waals surface area contributed by atoms with E-state index in [-0.39, 0.29) is 0 Å². The zero-order valence-corrected chi connectivity index (χ0v) is 20.8. The van der Waals surface area contributed by atoms with E-state index in [4.69, 9.17) is 13.8 Å². The molecule has 1 atom stereocenters. The molecular weight excluding hydrogens is 431 g/mol. The highest BCUT2D eigenvalue weighted by Crippen LogP contribution is 2.63. The number of benzene rings is 3. The molecule has 0 spiro atoms. The van der Waals surface area contributed by atoms with E-state index in [1.807, 2.05) is 86.6 Å². The van der Waals surface area contributed by atoms with Crippen molar-refractivity contribution < 1.29 is 18.3 Å². The van der Waals surface area contributed by atoms with Crippen molar-refractivity contribution in [1.29, 1.82) is 0 Å². The molecule has 3 rings (SSSR count). The second-order valence-electron chi connectivity index (χ2n) is 8.29. The summed E-state index contributed by atoms with van der Waals surface area (Å²) in [6, 6.07) is 22.5. The van der Waals surface area contributed by atoms with Crippen molar-refractivity contribution in [2.45, 2.75) is 45.7 Å². The Hall–Kier alpha value is -2.97. The van der Waals surface area contributed by atoms with Gasteiger partial charge in [-0.3, -0.25) is 0 Å². The van der Waals surface area contributed by atoms with Crippen LogP contribution >= 0.6 is 7.60 Å². The molecule has 5 heteroatoms. The number of rotatable bonds is 11. The monoisotopic (exact) mass is 464 g/mol. The molecule has 0 aromatic heterocycles. The first-order chi connectivity index (χ1) is 15.8. The van der Waals surface area contributed by atoms with Gasteiger partial charge in [-0.2, -0.15) is 0 Å². The Kier molecular flexibility index (Phi) is 8.41. The molecule has 0 aliphatic heterocycles. The Balaban J connectivity index is 2.09. The number of hydrogen-bond donors (Lipinski definition) is 0. The number of aryl methyl sites for hydroxylation is 2. The lowest BCUT2D eigenvalue weighted by molar-refractivity contribution is 0.376. The molecule has 33 heavy (non-hydrogen) atoms. The summed E-state index contributed by atoms with van der Waals surface area (Å²) in [5, 5.41) is 0. The van der Waals surface area contributed by atoms with Gasteiger partial charge < -0.3 is 13.8 Å². The molecule has 0 N–H and O–H groups in total. The van der Waals surface area contributed by atoms with Crippen LogP contribution < -0.4 is 13.8 Å². The number of ether oxygens (including phenoxy) is 1. The van der Waals surface area contributed by atoms with Crippen LogP contribution in [0.4, 0.5) is 0 Å². The molecule has 0 radical (unpaired) electrons. The molecule has 0 fully saturated rings. The molecule has 174 valence electrons. The number of allylic oxidation sites excluding steroid dienone is 1. The first-order valence-electron chi connectivity index (χ1n) is 11.3. The third kappa shape index (κ3) is 6.52. The van der Waals surface area contributed by atoms with Gasteiger partial charge in [0, 0.05) is 0 Å². The van der Waals surface area contributed by atoms with Crippen molar-refractivity contribution in [3.63, 3.8) is 0 Å². The molecule has 0 amide bonds. The van der Waals surface area contributed by atoms with E-state index in [0.717, 1.165) is 47.3 Å². The van der Waals surface area contributed by atoms with Gasteiger partial charge in [-0.05, 0) is 68.7 Å². The second-order valence-corrected chi connectivity index (χ2v) is 10.2. The zero-order chi connectivity index (χ0) is 23.8. The largest absolute Gasteiger partial charge is 0.497 e. The molecular formula is C28H33O4P. The van der Waals surface area contributed by atoms with Gasteiger partial charge in [-0.15, -0.1) is 0 Å². The minimum atomic E-state index is -3.79. The predicted molar refractivity (Wildman–Crippen MR) is 136 cm³/mol. The van der Waals surface area contributed by atoms with E-state index in [2.05, 4.69) is 13.5 Å². The fraction of sp³-hybridized carbons (Fsp3) is 0.286. The summed E-state index contributed by atoms with van der Waals surface area (Å²) in [6.45, 7) is 10.4. The predicted octanol–water partition coefficient (Wildman–Crippen LogP) is 8.45. The van der Waals surface area contributed by atoms with Crippen LogP contribution in [0.15, 0.2) is 84.9 Å². The maximum absolute atomic E-state index is 14.6. The van der Waals surface area contributed by atoms with Crippen LogP contribution in [-0.4, -0.2) is 7.11 Å². The fourth-order valence-electron chi connectivity index (χ4n) is 3.58. The summed E-state index contributed by atoms with van der Waals surface area (Å²) in [6.07, 6.45) is 2.68. The van der Waals surface area contributed by atoms with Gasteiger partial charge in [0.1, 0.15) is 22.9 Å². The summed E-state index contributed by atoms with van der Waals surface area (Å²) >= 11 is 0. The van der Waals surface area contributed by atoms with Crippen molar-refractivity contribution in [3.8, 4) is 17.2 Å². The molecule has 3 aromatic carbocycles. The van der Waals surface area contributed by atoms with E-state index in [9.17, 15) is 4.57 Å². The first-order valence-corrected chi connectivity index (χ1v) is 12.9. The molecule has 0 aliphatic carbocycles. The molecule has 0 heterocycles. The van der Waals surface area contributed by atoms with Crippen molar-refractivity contribution in [2.24, 2.45) is 0 Å².